The summed E-state index contributed by atoms with van der Waals surface area (Å²) >= 11 is 49.5. The number of nitrogens with one attached hydrogen (secondary N) is 4. The molecule has 5 aromatic heterocycles. The van der Waals surface area contributed by atoms with Crippen molar-refractivity contribution in [3.8, 4) is 0 Å². The minimum Gasteiger partial charge on any atom is -0.354 e. The molecule has 15 aromatic rings. The number of hydrogen-bond acceptors (Lipinski definition) is 13. The Hall–Kier alpha value is -9.39. The van der Waals surface area contributed by atoms with Crippen LogP contribution in [-0.2, 0) is 32.7 Å². The average molecular weight is 1800 g/mol. The predicted octanol–water partition coefficient (Wildman–Crippen LogP) is 23.6. The number of hydrogen-bond donors (Lipinski definition) is 6. The van der Waals surface area contributed by atoms with Crippen LogP contribution in [0.5, 0.6) is 0 Å². The lowest BCUT2D eigenvalue weighted by Crippen LogP contribution is -2.32. The minimum atomic E-state index is -0.403. The summed E-state index contributed by atoms with van der Waals surface area (Å²) in [4.78, 5) is 28.6. The highest BCUT2D eigenvalue weighted by Gasteiger charge is 2.25. The van der Waals surface area contributed by atoms with Gasteiger partial charge in [0.25, 0.3) is 0 Å². The molecule has 3 aliphatic rings. The Labute approximate surface area is 750 Å². The first kappa shape index (κ1) is 88.9. The molecule has 3 fully saturated rings. The summed E-state index contributed by atoms with van der Waals surface area (Å²) in [7, 11) is 0. The van der Waals surface area contributed by atoms with E-state index in [1.54, 1.807) is 12.1 Å². The van der Waals surface area contributed by atoms with Crippen molar-refractivity contribution in [1.82, 2.24) is 53.1 Å². The summed E-state index contributed by atoms with van der Waals surface area (Å²) in [6.45, 7) is 22.6. The van der Waals surface area contributed by atoms with Crippen LogP contribution in [0.1, 0.15) is 113 Å². The van der Waals surface area contributed by atoms with Crippen molar-refractivity contribution in [1.29, 1.82) is 0 Å². The van der Waals surface area contributed by atoms with Crippen LogP contribution in [0.25, 0.3) is 55.2 Å². The van der Waals surface area contributed by atoms with E-state index in [9.17, 15) is 8.78 Å². The van der Waals surface area contributed by atoms with Gasteiger partial charge in [0, 0.05) is 87.5 Å². The van der Waals surface area contributed by atoms with Crippen LogP contribution < -0.4 is 42.5 Å². The monoisotopic (exact) mass is 1800 g/mol. The van der Waals surface area contributed by atoms with Crippen LogP contribution in [0.3, 0.4) is 0 Å². The van der Waals surface area contributed by atoms with E-state index in [1.165, 1.54) is 56.6 Å². The molecule has 28 heteroatoms. The molecule has 0 radical (unpaired) electrons. The van der Waals surface area contributed by atoms with E-state index in [0.717, 1.165) is 184 Å². The van der Waals surface area contributed by atoms with Crippen LogP contribution in [0, 0.1) is 53.2 Å². The zero-order valence-electron chi connectivity index (χ0n) is 69.2. The highest BCUT2D eigenvalue weighted by Crippen LogP contribution is 2.35. The number of piperidine rings is 2. The highest BCUT2D eigenvalue weighted by atomic mass is 35.5. The molecule has 636 valence electrons. The molecule has 122 heavy (non-hydrogen) atoms. The second kappa shape index (κ2) is 40.9. The van der Waals surface area contributed by atoms with Crippen LogP contribution in [0.15, 0.2) is 176 Å². The third kappa shape index (κ3) is 21.9. The quantitative estimate of drug-likeness (QED) is 0.0422. The SMILES string of the molecule is Cc1ccc(Cn2c(NC3CCCN3)nc3ccc(Cl)cc32)cc1Cl.Cc1ccc(Cn2c(NCCN)nc3ccc(Cl)cc32)cc1Cl.Cc1ccc(Cn2c(NCCN)nc3ccc(Cl)cc32)cc1Cl.Cc1ccc2nc(N3CCCCC3)n(Cc3cc(C)c(F)c(C)c3)c2c1.Fc1ccc(Cn2c(N3CCCCC3)nc3ccc(Cl)cc32)cc1Cl. The molecule has 10 aromatic carbocycles. The molecule has 0 aliphatic carbocycles. The van der Waals surface area contributed by atoms with Crippen LogP contribution in [-0.4, -0.2) is 113 Å². The van der Waals surface area contributed by atoms with Crippen molar-refractivity contribution >= 4 is 178 Å². The van der Waals surface area contributed by atoms with Crippen molar-refractivity contribution in [2.24, 2.45) is 11.5 Å². The number of benzene rings is 10. The van der Waals surface area contributed by atoms with Gasteiger partial charge in [0.1, 0.15) is 11.6 Å². The number of aryl methyl sites for hydroxylation is 6. The summed E-state index contributed by atoms with van der Waals surface area (Å²) in [6.07, 6.45) is 9.87. The smallest absolute Gasteiger partial charge is 0.206 e. The molecule has 1 atom stereocenters. The fraction of sp³-hybridized carbons (Fsp3) is 0.309. The Kier molecular flexibility index (Phi) is 29.8. The summed E-state index contributed by atoms with van der Waals surface area (Å²) in [5.74, 6) is 3.90. The minimum absolute atomic E-state index is 0.101. The lowest BCUT2D eigenvalue weighted by molar-refractivity contribution is 0.560. The number of aromatic nitrogens is 10. The fourth-order valence-electron chi connectivity index (χ4n) is 15.6. The Bertz CT molecular complexity index is 6030. The molecule has 0 spiro atoms. The number of halogens is 10. The van der Waals surface area contributed by atoms with Gasteiger partial charge in [0.2, 0.25) is 29.7 Å². The summed E-state index contributed by atoms with van der Waals surface area (Å²) in [6, 6.07) is 56.5. The number of nitrogens with two attached hydrogens (primary N) is 2. The Morgan fingerprint density at radius 2 is 0.713 bits per heavy atom. The summed E-state index contributed by atoms with van der Waals surface area (Å²) < 4.78 is 38.3. The Morgan fingerprint density at radius 3 is 1.11 bits per heavy atom. The van der Waals surface area contributed by atoms with Crippen molar-refractivity contribution in [2.75, 3.05) is 84.7 Å². The van der Waals surface area contributed by atoms with Gasteiger partial charge in [-0.3, -0.25) is 5.32 Å². The van der Waals surface area contributed by atoms with E-state index in [4.69, 9.17) is 119 Å². The van der Waals surface area contributed by atoms with Crippen molar-refractivity contribution in [3.05, 3.63) is 289 Å². The van der Waals surface area contributed by atoms with Crippen LogP contribution in [0.4, 0.5) is 38.5 Å². The van der Waals surface area contributed by atoms with E-state index in [-0.39, 0.29) is 17.0 Å². The maximum atomic E-state index is 14.0. The fourth-order valence-corrected chi connectivity index (χ4v) is 17.1. The molecule has 0 amide bonds. The molecule has 0 saturated carbocycles. The van der Waals surface area contributed by atoms with Gasteiger partial charge in [0.05, 0.1) is 99.1 Å². The van der Waals surface area contributed by atoms with E-state index >= 15 is 0 Å². The van der Waals surface area contributed by atoms with Crippen molar-refractivity contribution < 1.29 is 8.78 Å². The van der Waals surface area contributed by atoms with Gasteiger partial charge in [0.15, 0.2) is 0 Å². The molecule has 1 unspecified atom stereocenters. The normalized spacial score (nSPS) is 14.0. The number of rotatable bonds is 20. The number of fused-ring (bicyclic) bond motifs is 5. The second-order valence-electron chi connectivity index (χ2n) is 31.4. The lowest BCUT2D eigenvalue weighted by Gasteiger charge is -2.28. The number of imidazole rings is 5. The second-order valence-corrected chi connectivity index (χ2v) is 34.8. The van der Waals surface area contributed by atoms with Gasteiger partial charge in [-0.2, -0.15) is 0 Å². The maximum Gasteiger partial charge on any atom is 0.206 e. The van der Waals surface area contributed by atoms with Gasteiger partial charge in [-0.05, 0) is 276 Å². The zero-order valence-corrected chi connectivity index (χ0v) is 75.2. The molecular weight excluding hydrogens is 1700 g/mol. The van der Waals surface area contributed by atoms with Gasteiger partial charge in [-0.15, -0.1) is 0 Å². The molecular formula is C94H100Cl8F2N18. The average Bonchev–Trinajstić information content (AvgIpc) is 1.63. The van der Waals surface area contributed by atoms with Gasteiger partial charge >= 0.3 is 0 Å². The van der Waals surface area contributed by atoms with E-state index < -0.39 is 5.82 Å². The first-order valence-electron chi connectivity index (χ1n) is 41.3. The van der Waals surface area contributed by atoms with Gasteiger partial charge < -0.3 is 60.1 Å². The highest BCUT2D eigenvalue weighted by molar-refractivity contribution is 6.33. The van der Waals surface area contributed by atoms with E-state index in [1.807, 2.05) is 150 Å². The third-order valence-corrected chi connectivity index (χ3v) is 24.5. The Balaban J connectivity index is 0.000000125. The van der Waals surface area contributed by atoms with Gasteiger partial charge in [-0.1, -0.05) is 153 Å². The molecule has 18 nitrogen and oxygen atoms in total. The van der Waals surface area contributed by atoms with Crippen molar-refractivity contribution in [3.63, 3.8) is 0 Å². The first-order valence-corrected chi connectivity index (χ1v) is 44.4. The lowest BCUT2D eigenvalue weighted by atomic mass is 10.1. The molecule has 3 saturated heterocycles. The van der Waals surface area contributed by atoms with Crippen molar-refractivity contribution in [2.45, 2.75) is 132 Å². The third-order valence-electron chi connectivity index (χ3n) is 22.1. The maximum absolute atomic E-state index is 14.0. The zero-order chi connectivity index (χ0) is 85.8. The van der Waals surface area contributed by atoms with E-state index in [0.29, 0.717) is 90.1 Å². The molecule has 18 rings (SSSR count). The number of nitrogens with zero attached hydrogens (tertiary/aromatic N) is 12. The summed E-state index contributed by atoms with van der Waals surface area (Å²) in [5, 5.41) is 18.7. The van der Waals surface area contributed by atoms with Crippen LogP contribution >= 0.6 is 92.8 Å². The topological polar surface area (TPSA) is 196 Å². The van der Waals surface area contributed by atoms with Crippen LogP contribution in [0.2, 0.25) is 40.2 Å². The molecule has 8 heterocycles. The number of anilines is 5. The molecule has 3 aliphatic heterocycles. The Morgan fingerprint density at radius 1 is 0.361 bits per heavy atom. The van der Waals surface area contributed by atoms with Gasteiger partial charge in [-0.25, -0.2) is 33.7 Å². The predicted molar refractivity (Wildman–Crippen MR) is 507 cm³/mol. The molecule has 8 N–H and O–H groups in total. The van der Waals surface area contributed by atoms with E-state index in [2.05, 4.69) is 113 Å². The molecule has 0 bridgehead atoms. The first-order chi connectivity index (χ1) is 58.9. The largest absolute Gasteiger partial charge is 0.354 e. The summed E-state index contributed by atoms with van der Waals surface area (Å²) in [5.41, 5.74) is 32.3. The standard InChI is InChI=1S/C22H26FN3.C19H18Cl2FN3.C19H20Cl2N4.2C17H18Cl2N4/c1-15-7-8-19-20(11-15)26(22(24-19)25-9-5-4-6-10-25)14-18-12-16(2)21(23)17(3)13-18;20-14-5-7-17-18(11-14)25(12-13-4-6-16(22)15(21)10-13)19(23-17)24-8-2-1-3-9-24;1-12-4-5-13(9-15(12)21)11-25-17-10-14(20)6-7-16(17)23-19(25)24-18-3-2-8-22-18;2*1-11-2-3-12(8-14(11)19)10-23-16-9-13(18)4-5-15(16)22-17(23)21-7-6-20/h7-8,11-13H,4-6,9-10,14H2,1-3H3;4-7,10-11H,1-3,8-9,12H2;4-7,9-10,18,22H,2-3,8,11H2,1H3,(H,23,24);2*2-5,8-9H,6-7,10,20H2,1H3,(H,21,22).